The lowest BCUT2D eigenvalue weighted by molar-refractivity contribution is 0.142. The summed E-state index contributed by atoms with van der Waals surface area (Å²) in [7, 11) is 0. The van der Waals surface area contributed by atoms with Crippen molar-refractivity contribution in [3.05, 3.63) is 71.9 Å². The highest BCUT2D eigenvalue weighted by molar-refractivity contribution is 5.89. The van der Waals surface area contributed by atoms with Crippen LogP contribution in [0.25, 0.3) is 0 Å². The minimum Gasteiger partial charge on any atom is -0.493 e. The number of hydrogen-bond acceptors (Lipinski definition) is 5. The molecule has 4 rings (SSSR count). The molecule has 1 fully saturated rings. The number of carbonyl (C=O) groups is 1. The van der Waals surface area contributed by atoms with E-state index in [1.54, 1.807) is 4.90 Å². The summed E-state index contributed by atoms with van der Waals surface area (Å²) < 4.78 is 11.3. The zero-order valence-corrected chi connectivity index (χ0v) is 17.1. The second kappa shape index (κ2) is 9.43. The van der Waals surface area contributed by atoms with Crippen LogP contribution in [-0.2, 0) is 6.42 Å². The number of hydrogen-bond donors (Lipinski definition) is 1. The molecular weight excluding hydrogens is 380 g/mol. The first-order valence-corrected chi connectivity index (χ1v) is 10.3. The predicted molar refractivity (Wildman–Crippen MR) is 113 cm³/mol. The maximum atomic E-state index is 12.8. The van der Waals surface area contributed by atoms with Gasteiger partial charge in [0.2, 0.25) is 5.89 Å². The number of para-hydroxylation sites is 1. The third kappa shape index (κ3) is 4.97. The summed E-state index contributed by atoms with van der Waals surface area (Å²) >= 11 is 0. The van der Waals surface area contributed by atoms with E-state index in [2.05, 4.69) is 15.5 Å². The van der Waals surface area contributed by atoms with Gasteiger partial charge in [0.15, 0.2) is 5.82 Å². The minimum atomic E-state index is -0.207. The van der Waals surface area contributed by atoms with Crippen LogP contribution in [0.1, 0.15) is 42.6 Å². The van der Waals surface area contributed by atoms with E-state index in [9.17, 15) is 4.79 Å². The standard InChI is InChI=1S/C23H26N4O3/c1-17-8-7-11-19(16-17)29-15-13-21-25-22(30-26-21)20-12-5-6-14-27(20)23(28)24-18-9-3-2-4-10-18/h2-4,7-11,16,20H,5-6,12-15H2,1H3,(H,24,28). The van der Waals surface area contributed by atoms with Gasteiger partial charge in [0.25, 0.3) is 0 Å². The number of rotatable bonds is 6. The lowest BCUT2D eigenvalue weighted by atomic mass is 10.0. The Hall–Kier alpha value is -3.35. The molecule has 0 bridgehead atoms. The van der Waals surface area contributed by atoms with Crippen LogP contribution in [0.2, 0.25) is 0 Å². The molecule has 1 saturated heterocycles. The molecule has 1 N–H and O–H groups in total. The van der Waals surface area contributed by atoms with Crippen molar-refractivity contribution in [2.75, 3.05) is 18.5 Å². The molecule has 0 aliphatic carbocycles. The molecule has 2 heterocycles. The summed E-state index contributed by atoms with van der Waals surface area (Å²) in [5, 5.41) is 7.05. The molecule has 1 aliphatic heterocycles. The Kier molecular flexibility index (Phi) is 6.27. The van der Waals surface area contributed by atoms with E-state index in [0.717, 1.165) is 36.3 Å². The second-order valence-corrected chi connectivity index (χ2v) is 7.46. The van der Waals surface area contributed by atoms with Gasteiger partial charge in [-0.2, -0.15) is 4.98 Å². The lowest BCUT2D eigenvalue weighted by Gasteiger charge is -2.33. The molecule has 0 saturated carbocycles. The third-order valence-corrected chi connectivity index (χ3v) is 5.14. The number of nitrogens with one attached hydrogen (secondary N) is 1. The first kappa shape index (κ1) is 19.9. The Bertz CT molecular complexity index is 973. The van der Waals surface area contributed by atoms with Gasteiger partial charge in [0, 0.05) is 18.7 Å². The maximum absolute atomic E-state index is 12.8. The van der Waals surface area contributed by atoms with Gasteiger partial charge in [-0.15, -0.1) is 0 Å². The molecular formula is C23H26N4O3. The highest BCUT2D eigenvalue weighted by atomic mass is 16.5. The highest BCUT2D eigenvalue weighted by Gasteiger charge is 2.32. The van der Waals surface area contributed by atoms with Crippen LogP contribution in [0, 0.1) is 6.92 Å². The topological polar surface area (TPSA) is 80.5 Å². The number of amides is 2. The predicted octanol–water partition coefficient (Wildman–Crippen LogP) is 4.76. The van der Waals surface area contributed by atoms with Crippen LogP contribution in [0.15, 0.2) is 59.1 Å². The Labute approximate surface area is 176 Å². The largest absolute Gasteiger partial charge is 0.493 e. The minimum absolute atomic E-state index is 0.145. The normalized spacial score (nSPS) is 16.3. The van der Waals surface area contributed by atoms with Crippen molar-refractivity contribution in [3.8, 4) is 5.75 Å². The molecule has 156 valence electrons. The summed E-state index contributed by atoms with van der Waals surface area (Å²) in [6.45, 7) is 3.16. The van der Waals surface area contributed by atoms with Crippen LogP contribution < -0.4 is 10.1 Å². The first-order chi connectivity index (χ1) is 14.7. The van der Waals surface area contributed by atoms with Crippen molar-refractivity contribution < 1.29 is 14.1 Å². The van der Waals surface area contributed by atoms with E-state index in [0.29, 0.717) is 31.3 Å². The van der Waals surface area contributed by atoms with Crippen molar-refractivity contribution >= 4 is 11.7 Å². The van der Waals surface area contributed by atoms with Gasteiger partial charge in [0.05, 0.1) is 6.61 Å². The smallest absolute Gasteiger partial charge is 0.322 e. The summed E-state index contributed by atoms with van der Waals surface area (Å²) in [5.41, 5.74) is 1.92. The van der Waals surface area contributed by atoms with Gasteiger partial charge in [-0.05, 0) is 56.0 Å². The summed E-state index contributed by atoms with van der Waals surface area (Å²) in [6, 6.07) is 17.0. The molecule has 1 aromatic heterocycles. The third-order valence-electron chi connectivity index (χ3n) is 5.14. The van der Waals surface area contributed by atoms with E-state index in [-0.39, 0.29) is 12.1 Å². The van der Waals surface area contributed by atoms with Crippen molar-refractivity contribution in [3.63, 3.8) is 0 Å². The SMILES string of the molecule is Cc1cccc(OCCc2noc(C3CCCCN3C(=O)Nc3ccccc3)n2)c1. The molecule has 1 aliphatic rings. The highest BCUT2D eigenvalue weighted by Crippen LogP contribution is 2.30. The number of likely N-dealkylation sites (tertiary alicyclic amines) is 1. The van der Waals surface area contributed by atoms with Gasteiger partial charge >= 0.3 is 6.03 Å². The molecule has 7 nitrogen and oxygen atoms in total. The first-order valence-electron chi connectivity index (χ1n) is 10.3. The van der Waals surface area contributed by atoms with Crippen molar-refractivity contribution in [2.45, 2.75) is 38.6 Å². The summed E-state index contributed by atoms with van der Waals surface area (Å²) in [6.07, 6.45) is 3.34. The molecule has 0 spiro atoms. The second-order valence-electron chi connectivity index (χ2n) is 7.46. The van der Waals surface area contributed by atoms with E-state index in [1.165, 1.54) is 0 Å². The monoisotopic (exact) mass is 406 g/mol. The number of nitrogens with zero attached hydrogens (tertiary/aromatic N) is 3. The number of piperidine rings is 1. The number of urea groups is 1. The molecule has 2 aromatic carbocycles. The number of carbonyl (C=O) groups excluding carboxylic acids is 1. The van der Waals surface area contributed by atoms with Crippen molar-refractivity contribution in [1.82, 2.24) is 15.0 Å². The van der Waals surface area contributed by atoms with Gasteiger partial charge in [-0.25, -0.2) is 4.79 Å². The van der Waals surface area contributed by atoms with Crippen LogP contribution in [-0.4, -0.2) is 34.2 Å². The molecule has 7 heteroatoms. The lowest BCUT2D eigenvalue weighted by Crippen LogP contribution is -2.41. The Morgan fingerprint density at radius 3 is 2.90 bits per heavy atom. The van der Waals surface area contributed by atoms with Gasteiger partial charge in [-0.1, -0.05) is 35.5 Å². The zero-order valence-electron chi connectivity index (χ0n) is 17.1. The number of anilines is 1. The fourth-order valence-corrected chi connectivity index (χ4v) is 3.62. The van der Waals surface area contributed by atoms with Gasteiger partial charge < -0.3 is 19.5 Å². The Morgan fingerprint density at radius 2 is 2.07 bits per heavy atom. The maximum Gasteiger partial charge on any atom is 0.322 e. The summed E-state index contributed by atoms with van der Waals surface area (Å²) in [5.74, 6) is 1.91. The van der Waals surface area contributed by atoms with E-state index < -0.39 is 0 Å². The van der Waals surface area contributed by atoms with Crippen LogP contribution in [0.5, 0.6) is 5.75 Å². The zero-order chi connectivity index (χ0) is 20.8. The van der Waals surface area contributed by atoms with Crippen LogP contribution in [0.4, 0.5) is 10.5 Å². The van der Waals surface area contributed by atoms with E-state index >= 15 is 0 Å². The molecule has 1 unspecified atom stereocenters. The number of ether oxygens (including phenoxy) is 1. The molecule has 0 radical (unpaired) electrons. The van der Waals surface area contributed by atoms with Gasteiger partial charge in [-0.3, -0.25) is 0 Å². The average Bonchev–Trinajstić information content (AvgIpc) is 3.23. The number of aromatic nitrogens is 2. The van der Waals surface area contributed by atoms with Gasteiger partial charge in [0.1, 0.15) is 11.8 Å². The Balaban J connectivity index is 1.37. The number of aryl methyl sites for hydroxylation is 1. The average molecular weight is 406 g/mol. The quantitative estimate of drug-likeness (QED) is 0.638. The van der Waals surface area contributed by atoms with E-state index in [1.807, 2.05) is 61.5 Å². The molecule has 2 amide bonds. The van der Waals surface area contributed by atoms with Crippen molar-refractivity contribution in [1.29, 1.82) is 0 Å². The molecule has 3 aromatic rings. The molecule has 1 atom stereocenters. The molecule has 30 heavy (non-hydrogen) atoms. The fraction of sp³-hybridized carbons (Fsp3) is 0.348. The fourth-order valence-electron chi connectivity index (χ4n) is 3.62. The van der Waals surface area contributed by atoms with Crippen LogP contribution in [0.3, 0.4) is 0 Å². The van der Waals surface area contributed by atoms with Crippen LogP contribution >= 0.6 is 0 Å². The Morgan fingerprint density at radius 1 is 1.20 bits per heavy atom. The van der Waals surface area contributed by atoms with E-state index in [4.69, 9.17) is 9.26 Å². The van der Waals surface area contributed by atoms with Crippen molar-refractivity contribution in [2.24, 2.45) is 0 Å². The number of benzene rings is 2. The summed E-state index contributed by atoms with van der Waals surface area (Å²) in [4.78, 5) is 19.2.